The molecule has 0 aliphatic heterocycles. The molecule has 11 heteroatoms. The Bertz CT molecular complexity index is 1300. The van der Waals surface area contributed by atoms with Crippen molar-refractivity contribution >= 4 is 27.9 Å². The minimum atomic E-state index is -4.98. The van der Waals surface area contributed by atoms with E-state index in [1.165, 1.54) is 5.38 Å². The summed E-state index contributed by atoms with van der Waals surface area (Å²) in [6.45, 7) is 0. The summed E-state index contributed by atoms with van der Waals surface area (Å²) < 4.78 is 41.3. The number of aromatic nitrogens is 3. The average Bonchev–Trinajstić information content (AvgIpc) is 3.17. The molecular weight excluding hydrogens is 409 g/mol. The van der Waals surface area contributed by atoms with Gasteiger partial charge in [-0.1, -0.05) is 30.3 Å². The Morgan fingerprint density at radius 3 is 2.45 bits per heavy atom. The largest absolute Gasteiger partial charge is 0.450 e. The van der Waals surface area contributed by atoms with Crippen LogP contribution in [0.25, 0.3) is 27.3 Å². The topological polar surface area (TPSA) is 90.9 Å². The minimum Gasteiger partial charge on any atom is -0.268 e. The van der Waals surface area contributed by atoms with Crippen molar-refractivity contribution in [3.63, 3.8) is 0 Å². The third-order valence-corrected chi connectivity index (χ3v) is 4.90. The molecule has 4 aromatic rings. The van der Waals surface area contributed by atoms with Gasteiger partial charge in [0.2, 0.25) is 5.82 Å². The number of nitro groups is 1. The summed E-state index contributed by atoms with van der Waals surface area (Å²) in [6.07, 6.45) is -4.98. The molecule has 0 fully saturated rings. The zero-order valence-electron chi connectivity index (χ0n) is 14.3. The molecule has 0 saturated carbocycles. The summed E-state index contributed by atoms with van der Waals surface area (Å²) in [7, 11) is 0. The molecule has 146 valence electrons. The predicted molar refractivity (Wildman–Crippen MR) is 100 cm³/mol. The Kier molecular flexibility index (Phi) is 4.38. The van der Waals surface area contributed by atoms with Crippen LogP contribution in [-0.2, 0) is 6.18 Å². The summed E-state index contributed by atoms with van der Waals surface area (Å²) in [5.74, 6) is -1.50. The van der Waals surface area contributed by atoms with Crippen LogP contribution in [0, 0.1) is 10.1 Å². The number of rotatable bonds is 3. The zero-order valence-corrected chi connectivity index (χ0v) is 15.1. The van der Waals surface area contributed by atoms with Gasteiger partial charge in [0.05, 0.1) is 21.5 Å². The van der Waals surface area contributed by atoms with E-state index in [2.05, 4.69) is 9.97 Å². The summed E-state index contributed by atoms with van der Waals surface area (Å²) in [5.41, 5.74) is -0.787. The maximum atomic E-state index is 13.7. The molecule has 2 aromatic heterocycles. The van der Waals surface area contributed by atoms with Gasteiger partial charge in [-0.25, -0.2) is 14.5 Å². The number of nitro benzene ring substituents is 1. The van der Waals surface area contributed by atoms with E-state index >= 15 is 0 Å². The lowest BCUT2D eigenvalue weighted by Gasteiger charge is -2.13. The molecule has 0 atom stereocenters. The summed E-state index contributed by atoms with van der Waals surface area (Å²) in [4.78, 5) is 30.7. The molecule has 4 rings (SSSR count). The Hall–Kier alpha value is -3.60. The highest BCUT2D eigenvalue weighted by atomic mass is 32.1. The van der Waals surface area contributed by atoms with Gasteiger partial charge in [0, 0.05) is 23.1 Å². The van der Waals surface area contributed by atoms with Crippen LogP contribution in [0.15, 0.2) is 58.7 Å². The number of thiazole rings is 1. The first-order chi connectivity index (χ1) is 13.8. The van der Waals surface area contributed by atoms with Gasteiger partial charge in [-0.2, -0.15) is 13.2 Å². The third-order valence-electron chi connectivity index (χ3n) is 4.07. The Balaban J connectivity index is 1.98. The quantitative estimate of drug-likeness (QED) is 0.362. The predicted octanol–water partition coefficient (Wildman–Crippen LogP) is 4.44. The molecule has 2 heterocycles. The number of nitrogens with zero attached hydrogens (tertiary/aromatic N) is 4. The molecular formula is C18H9F3N4O3S. The first-order valence-corrected chi connectivity index (χ1v) is 8.93. The first-order valence-electron chi connectivity index (χ1n) is 8.05. The van der Waals surface area contributed by atoms with Crippen molar-refractivity contribution in [2.75, 3.05) is 0 Å². The van der Waals surface area contributed by atoms with Crippen LogP contribution >= 0.6 is 11.3 Å². The Labute approximate surface area is 163 Å². The van der Waals surface area contributed by atoms with Crippen molar-refractivity contribution in [2.24, 2.45) is 0 Å². The fourth-order valence-corrected chi connectivity index (χ4v) is 3.60. The van der Waals surface area contributed by atoms with Gasteiger partial charge in [-0.3, -0.25) is 14.9 Å². The SMILES string of the molecule is O=c1c2ccc([N+](=O)[O-])cc2nc(C(F)(F)F)n1-c1nc(-c2ccccc2)cs1. The lowest BCUT2D eigenvalue weighted by Crippen LogP contribution is -2.28. The second-order valence-corrected chi connectivity index (χ2v) is 6.75. The zero-order chi connectivity index (χ0) is 20.8. The molecule has 0 aliphatic rings. The number of hydrogen-bond donors (Lipinski definition) is 0. The first kappa shape index (κ1) is 18.7. The van der Waals surface area contributed by atoms with Gasteiger partial charge in [-0.15, -0.1) is 11.3 Å². The summed E-state index contributed by atoms with van der Waals surface area (Å²) >= 11 is 0.862. The van der Waals surface area contributed by atoms with Crippen LogP contribution in [-0.4, -0.2) is 19.5 Å². The maximum absolute atomic E-state index is 13.7. The monoisotopic (exact) mass is 418 g/mol. The van der Waals surface area contributed by atoms with Gasteiger partial charge < -0.3 is 0 Å². The second-order valence-electron chi connectivity index (χ2n) is 5.91. The van der Waals surface area contributed by atoms with E-state index in [-0.39, 0.29) is 10.5 Å². The molecule has 7 nitrogen and oxygen atoms in total. The molecule has 0 aliphatic carbocycles. The van der Waals surface area contributed by atoms with E-state index < -0.39 is 33.7 Å². The lowest BCUT2D eigenvalue weighted by molar-refractivity contribution is -0.384. The molecule has 0 N–H and O–H groups in total. The molecule has 0 amide bonds. The van der Waals surface area contributed by atoms with E-state index in [0.717, 1.165) is 29.5 Å². The number of non-ortho nitro benzene ring substituents is 1. The van der Waals surface area contributed by atoms with Crippen LogP contribution in [0.5, 0.6) is 0 Å². The third kappa shape index (κ3) is 3.36. The molecule has 0 unspecified atom stereocenters. The van der Waals surface area contributed by atoms with Crippen LogP contribution in [0.2, 0.25) is 0 Å². The van der Waals surface area contributed by atoms with Crippen LogP contribution in [0.4, 0.5) is 18.9 Å². The maximum Gasteiger partial charge on any atom is 0.450 e. The van der Waals surface area contributed by atoms with Crippen molar-refractivity contribution < 1.29 is 18.1 Å². The van der Waals surface area contributed by atoms with E-state index in [4.69, 9.17) is 0 Å². The molecule has 0 saturated heterocycles. The number of benzene rings is 2. The fourth-order valence-electron chi connectivity index (χ4n) is 2.76. The van der Waals surface area contributed by atoms with Crippen molar-refractivity contribution in [1.82, 2.24) is 14.5 Å². The minimum absolute atomic E-state index is 0.180. The van der Waals surface area contributed by atoms with Crippen molar-refractivity contribution in [3.8, 4) is 16.4 Å². The fraction of sp³-hybridized carbons (Fsp3) is 0.0556. The highest BCUT2D eigenvalue weighted by molar-refractivity contribution is 7.12. The summed E-state index contributed by atoms with van der Waals surface area (Å²) in [6, 6.07) is 11.8. The number of hydrogen-bond acceptors (Lipinski definition) is 6. The Morgan fingerprint density at radius 1 is 1.07 bits per heavy atom. The molecule has 29 heavy (non-hydrogen) atoms. The van der Waals surface area contributed by atoms with Crippen molar-refractivity contribution in [2.45, 2.75) is 6.18 Å². The van der Waals surface area contributed by atoms with Gasteiger partial charge in [0.1, 0.15) is 0 Å². The highest BCUT2D eigenvalue weighted by Crippen LogP contribution is 2.32. The van der Waals surface area contributed by atoms with Gasteiger partial charge in [0.25, 0.3) is 11.2 Å². The summed E-state index contributed by atoms with van der Waals surface area (Å²) in [5, 5.41) is 12.1. The molecule has 2 aromatic carbocycles. The highest BCUT2D eigenvalue weighted by Gasteiger charge is 2.38. The van der Waals surface area contributed by atoms with E-state index in [1.807, 2.05) is 0 Å². The van der Waals surface area contributed by atoms with Crippen LogP contribution < -0.4 is 5.56 Å². The van der Waals surface area contributed by atoms with Crippen molar-refractivity contribution in [3.05, 3.63) is 80.2 Å². The average molecular weight is 418 g/mol. The molecule has 0 spiro atoms. The lowest BCUT2D eigenvalue weighted by atomic mass is 10.2. The van der Waals surface area contributed by atoms with Crippen LogP contribution in [0.3, 0.4) is 0 Å². The van der Waals surface area contributed by atoms with Gasteiger partial charge in [0.15, 0.2) is 5.13 Å². The normalized spacial score (nSPS) is 11.7. The molecule has 0 bridgehead atoms. The van der Waals surface area contributed by atoms with E-state index in [9.17, 15) is 28.1 Å². The Morgan fingerprint density at radius 2 is 1.79 bits per heavy atom. The van der Waals surface area contributed by atoms with Crippen molar-refractivity contribution in [1.29, 1.82) is 0 Å². The van der Waals surface area contributed by atoms with E-state index in [1.54, 1.807) is 30.3 Å². The smallest absolute Gasteiger partial charge is 0.268 e. The molecule has 0 radical (unpaired) electrons. The standard InChI is InChI=1S/C18H9F3N4O3S/c19-18(20,21)16-22-13-8-11(25(27)28)6-7-12(13)15(26)24(16)17-23-14(9-29-17)10-4-2-1-3-5-10/h1-9H. The second kappa shape index (κ2) is 6.78. The van der Waals surface area contributed by atoms with Gasteiger partial charge in [-0.05, 0) is 6.07 Å². The van der Waals surface area contributed by atoms with E-state index in [0.29, 0.717) is 15.8 Å². The number of halogens is 3. The number of fused-ring (bicyclic) bond motifs is 1. The number of alkyl halides is 3. The van der Waals surface area contributed by atoms with Crippen LogP contribution in [0.1, 0.15) is 5.82 Å². The van der Waals surface area contributed by atoms with Gasteiger partial charge >= 0.3 is 6.18 Å².